The Morgan fingerprint density at radius 2 is 2.00 bits per heavy atom. The fourth-order valence-electron chi connectivity index (χ4n) is 1.76. The lowest BCUT2D eigenvalue weighted by Gasteiger charge is -2.23. The number of carbonyl (C=O) groups excluding carboxylic acids is 1. The summed E-state index contributed by atoms with van der Waals surface area (Å²) in [6.07, 6.45) is -3.17. The minimum atomic E-state index is -1.26. The standard InChI is InChI=1S/C15H22ClNO5/c1-15(2,3)22-14(20)17-8-11(18)13(19)10-7-9(16)5-6-12(10)21-4/h5-7,11,13,18-19H,8H2,1-4H3,(H,17,20). The number of amides is 1. The van der Waals surface area contributed by atoms with Crippen LogP contribution >= 0.6 is 11.6 Å². The topological polar surface area (TPSA) is 88.0 Å². The van der Waals surface area contributed by atoms with Gasteiger partial charge in [0.15, 0.2) is 0 Å². The number of aliphatic hydroxyl groups is 2. The van der Waals surface area contributed by atoms with E-state index in [9.17, 15) is 15.0 Å². The van der Waals surface area contributed by atoms with Gasteiger partial charge in [0.1, 0.15) is 23.6 Å². The maximum absolute atomic E-state index is 11.5. The average Bonchev–Trinajstić information content (AvgIpc) is 2.42. The van der Waals surface area contributed by atoms with Crippen LogP contribution in [-0.4, -0.2) is 41.7 Å². The molecule has 3 N–H and O–H groups in total. The number of alkyl carbamates (subject to hydrolysis) is 1. The van der Waals surface area contributed by atoms with Gasteiger partial charge >= 0.3 is 6.09 Å². The molecular weight excluding hydrogens is 310 g/mol. The molecule has 7 heteroatoms. The first-order valence-electron chi connectivity index (χ1n) is 6.80. The quantitative estimate of drug-likeness (QED) is 0.770. The van der Waals surface area contributed by atoms with Gasteiger partial charge in [-0.3, -0.25) is 0 Å². The molecule has 0 spiro atoms. The van der Waals surface area contributed by atoms with Crippen LogP contribution in [0.25, 0.3) is 0 Å². The van der Waals surface area contributed by atoms with Gasteiger partial charge < -0.3 is 25.0 Å². The predicted octanol–water partition coefficient (Wildman–Crippen LogP) is 2.27. The molecule has 1 aromatic carbocycles. The highest BCUT2D eigenvalue weighted by molar-refractivity contribution is 6.30. The van der Waals surface area contributed by atoms with E-state index in [4.69, 9.17) is 21.1 Å². The zero-order chi connectivity index (χ0) is 16.9. The Bertz CT molecular complexity index is 515. The number of hydrogen-bond donors (Lipinski definition) is 3. The lowest BCUT2D eigenvalue weighted by Crippen LogP contribution is -2.38. The molecule has 0 saturated heterocycles. The van der Waals surface area contributed by atoms with Crippen LogP contribution in [0, 0.1) is 0 Å². The number of aliphatic hydroxyl groups excluding tert-OH is 2. The van der Waals surface area contributed by atoms with Gasteiger partial charge in [-0.2, -0.15) is 0 Å². The highest BCUT2D eigenvalue weighted by atomic mass is 35.5. The van der Waals surface area contributed by atoms with Crippen molar-refractivity contribution in [1.82, 2.24) is 5.32 Å². The lowest BCUT2D eigenvalue weighted by molar-refractivity contribution is 0.0119. The van der Waals surface area contributed by atoms with Crippen LogP contribution in [0.1, 0.15) is 32.4 Å². The SMILES string of the molecule is COc1ccc(Cl)cc1C(O)C(O)CNC(=O)OC(C)(C)C. The zero-order valence-corrected chi connectivity index (χ0v) is 13.8. The smallest absolute Gasteiger partial charge is 0.407 e. The summed E-state index contributed by atoms with van der Waals surface area (Å²) in [6, 6.07) is 4.71. The van der Waals surface area contributed by atoms with Crippen molar-refractivity contribution in [3.63, 3.8) is 0 Å². The molecule has 1 amide bonds. The highest BCUT2D eigenvalue weighted by Gasteiger charge is 2.24. The maximum atomic E-state index is 11.5. The first kappa shape index (κ1) is 18.5. The van der Waals surface area contributed by atoms with E-state index in [1.54, 1.807) is 32.9 Å². The molecule has 6 nitrogen and oxygen atoms in total. The third-order valence-electron chi connectivity index (χ3n) is 2.73. The van der Waals surface area contributed by atoms with E-state index in [1.807, 2.05) is 0 Å². The molecule has 0 aromatic heterocycles. The second-order valence-corrected chi connectivity index (χ2v) is 6.22. The summed E-state index contributed by atoms with van der Waals surface area (Å²) in [5.74, 6) is 0.396. The van der Waals surface area contributed by atoms with E-state index in [1.165, 1.54) is 13.2 Å². The van der Waals surface area contributed by atoms with Crippen LogP contribution < -0.4 is 10.1 Å². The van der Waals surface area contributed by atoms with E-state index in [2.05, 4.69) is 5.32 Å². The molecule has 124 valence electrons. The highest BCUT2D eigenvalue weighted by Crippen LogP contribution is 2.30. The number of hydrogen-bond acceptors (Lipinski definition) is 5. The maximum Gasteiger partial charge on any atom is 0.407 e. The van der Waals surface area contributed by atoms with Crippen LogP contribution in [0.15, 0.2) is 18.2 Å². The van der Waals surface area contributed by atoms with Gasteiger partial charge in [-0.25, -0.2) is 4.79 Å². The van der Waals surface area contributed by atoms with Crippen LogP contribution in [0.3, 0.4) is 0 Å². The third-order valence-corrected chi connectivity index (χ3v) is 2.96. The number of rotatable bonds is 5. The average molecular weight is 332 g/mol. The van der Waals surface area contributed by atoms with Crippen LogP contribution in [0.2, 0.25) is 5.02 Å². The van der Waals surface area contributed by atoms with Crippen LogP contribution in [0.4, 0.5) is 4.79 Å². The fourth-order valence-corrected chi connectivity index (χ4v) is 1.94. The van der Waals surface area contributed by atoms with Gasteiger partial charge in [-0.05, 0) is 39.0 Å². The largest absolute Gasteiger partial charge is 0.496 e. The van der Waals surface area contributed by atoms with Crippen molar-refractivity contribution < 1.29 is 24.5 Å². The molecule has 1 aromatic rings. The van der Waals surface area contributed by atoms with Gasteiger partial charge in [0.25, 0.3) is 0 Å². The van der Waals surface area contributed by atoms with Crippen molar-refractivity contribution in [3.05, 3.63) is 28.8 Å². The first-order chi connectivity index (χ1) is 10.1. The molecule has 0 heterocycles. The summed E-state index contributed by atoms with van der Waals surface area (Å²) in [7, 11) is 1.45. The normalized spacial score (nSPS) is 14.1. The molecule has 22 heavy (non-hydrogen) atoms. The Morgan fingerprint density at radius 3 is 2.55 bits per heavy atom. The van der Waals surface area contributed by atoms with Crippen molar-refractivity contribution in [2.45, 2.75) is 38.6 Å². The molecule has 0 saturated carbocycles. The summed E-state index contributed by atoms with van der Waals surface area (Å²) in [5, 5.41) is 23.0. The molecule has 2 atom stereocenters. The van der Waals surface area contributed by atoms with Crippen molar-refractivity contribution in [3.8, 4) is 5.75 Å². The number of halogens is 1. The van der Waals surface area contributed by atoms with Crippen LogP contribution in [0.5, 0.6) is 5.75 Å². The van der Waals surface area contributed by atoms with Gasteiger partial charge in [-0.1, -0.05) is 11.6 Å². The molecule has 0 fully saturated rings. The Hall–Kier alpha value is -1.50. The Kier molecular flexibility index (Phi) is 6.47. The van der Waals surface area contributed by atoms with Crippen molar-refractivity contribution in [2.24, 2.45) is 0 Å². The monoisotopic (exact) mass is 331 g/mol. The molecule has 0 radical (unpaired) electrons. The lowest BCUT2D eigenvalue weighted by atomic mass is 10.0. The molecule has 0 aliphatic heterocycles. The zero-order valence-electron chi connectivity index (χ0n) is 13.1. The molecule has 0 aliphatic carbocycles. The summed E-state index contributed by atoms with van der Waals surface area (Å²) in [5.41, 5.74) is -0.294. The third kappa shape index (κ3) is 5.71. The number of ether oxygens (including phenoxy) is 2. The molecule has 2 unspecified atom stereocenters. The van der Waals surface area contributed by atoms with E-state index in [0.29, 0.717) is 16.3 Å². The Labute approximate surface area is 135 Å². The number of benzene rings is 1. The molecular formula is C15H22ClNO5. The predicted molar refractivity (Wildman–Crippen MR) is 83.2 cm³/mol. The molecule has 1 rings (SSSR count). The van der Waals surface area contributed by atoms with Gasteiger partial charge in [0, 0.05) is 17.1 Å². The van der Waals surface area contributed by atoms with Crippen molar-refractivity contribution in [2.75, 3.05) is 13.7 Å². The Morgan fingerprint density at radius 1 is 1.36 bits per heavy atom. The van der Waals surface area contributed by atoms with Gasteiger partial charge in [0.05, 0.1) is 7.11 Å². The van der Waals surface area contributed by atoms with Crippen molar-refractivity contribution >= 4 is 17.7 Å². The minimum absolute atomic E-state index is 0.175. The summed E-state index contributed by atoms with van der Waals surface area (Å²) < 4.78 is 10.2. The number of nitrogens with one attached hydrogen (secondary N) is 1. The number of methoxy groups -OCH3 is 1. The summed E-state index contributed by atoms with van der Waals surface area (Å²) in [4.78, 5) is 11.5. The first-order valence-corrected chi connectivity index (χ1v) is 7.18. The number of carbonyl (C=O) groups is 1. The summed E-state index contributed by atoms with van der Waals surface area (Å²) in [6.45, 7) is 5.02. The second-order valence-electron chi connectivity index (χ2n) is 5.78. The van der Waals surface area contributed by atoms with E-state index in [-0.39, 0.29) is 6.54 Å². The molecule has 0 aliphatic rings. The summed E-state index contributed by atoms with van der Waals surface area (Å²) >= 11 is 5.88. The van der Waals surface area contributed by atoms with Gasteiger partial charge in [-0.15, -0.1) is 0 Å². The van der Waals surface area contributed by atoms with E-state index in [0.717, 1.165) is 0 Å². The van der Waals surface area contributed by atoms with E-state index >= 15 is 0 Å². The fraction of sp³-hybridized carbons (Fsp3) is 0.533. The Balaban J connectivity index is 2.68. The van der Waals surface area contributed by atoms with Gasteiger partial charge in [0.2, 0.25) is 0 Å². The van der Waals surface area contributed by atoms with E-state index < -0.39 is 23.9 Å². The van der Waals surface area contributed by atoms with Crippen LogP contribution in [-0.2, 0) is 4.74 Å². The molecule has 0 bridgehead atoms. The van der Waals surface area contributed by atoms with Crippen molar-refractivity contribution in [1.29, 1.82) is 0 Å². The minimum Gasteiger partial charge on any atom is -0.496 e. The second kappa shape index (κ2) is 7.67.